The largest absolute Gasteiger partial charge is 0.491 e. The van der Waals surface area contributed by atoms with Gasteiger partial charge in [-0.15, -0.1) is 0 Å². The summed E-state index contributed by atoms with van der Waals surface area (Å²) in [6.45, 7) is 2.62. The quantitative estimate of drug-likeness (QED) is 0.668. The van der Waals surface area contributed by atoms with Gasteiger partial charge in [-0.2, -0.15) is 0 Å². The minimum absolute atomic E-state index is 0.260. The molecule has 0 aliphatic carbocycles. The number of nitrogens with zero attached hydrogens (tertiary/aromatic N) is 1. The van der Waals surface area contributed by atoms with Crippen LogP contribution in [0.5, 0.6) is 5.75 Å². The van der Waals surface area contributed by atoms with Gasteiger partial charge in [0.25, 0.3) is 17.7 Å². The molecule has 0 spiro atoms. The van der Waals surface area contributed by atoms with Crippen LogP contribution in [0.2, 0.25) is 0 Å². The van der Waals surface area contributed by atoms with Crippen molar-refractivity contribution in [2.75, 3.05) is 20.2 Å². The Labute approximate surface area is 145 Å². The van der Waals surface area contributed by atoms with Crippen molar-refractivity contribution in [1.82, 2.24) is 10.2 Å². The van der Waals surface area contributed by atoms with E-state index in [1.54, 1.807) is 6.07 Å². The van der Waals surface area contributed by atoms with Crippen molar-refractivity contribution in [3.8, 4) is 5.75 Å². The number of fused-ring (bicyclic) bond motifs is 1. The number of rotatable bonds is 5. The van der Waals surface area contributed by atoms with Gasteiger partial charge in [-0.25, -0.2) is 0 Å². The number of carbonyl (C=O) groups is 3. The Morgan fingerprint density at radius 1 is 1.08 bits per heavy atom. The topological polar surface area (TPSA) is 75.7 Å². The van der Waals surface area contributed by atoms with Crippen molar-refractivity contribution in [3.05, 3.63) is 64.7 Å². The fourth-order valence-electron chi connectivity index (χ4n) is 2.65. The van der Waals surface area contributed by atoms with E-state index in [0.29, 0.717) is 24.3 Å². The number of ether oxygens (including phenoxy) is 1. The third-order valence-electron chi connectivity index (χ3n) is 4.09. The van der Waals surface area contributed by atoms with Crippen LogP contribution in [0.15, 0.2) is 42.5 Å². The van der Waals surface area contributed by atoms with Crippen LogP contribution in [0.3, 0.4) is 0 Å². The predicted octanol–water partition coefficient (Wildman–Crippen LogP) is 2.03. The maximum atomic E-state index is 12.2. The molecule has 2 aromatic rings. The highest BCUT2D eigenvalue weighted by atomic mass is 16.5. The number of carbonyl (C=O) groups excluding carboxylic acids is 3. The smallest absolute Gasteiger partial charge is 0.261 e. The zero-order valence-electron chi connectivity index (χ0n) is 14.0. The third-order valence-corrected chi connectivity index (χ3v) is 4.09. The van der Waals surface area contributed by atoms with Gasteiger partial charge in [0.15, 0.2) is 0 Å². The molecule has 128 valence electrons. The molecule has 2 aromatic carbocycles. The van der Waals surface area contributed by atoms with Crippen LogP contribution in [0, 0.1) is 6.92 Å². The van der Waals surface area contributed by atoms with Crippen LogP contribution in [0.1, 0.15) is 36.6 Å². The van der Waals surface area contributed by atoms with Gasteiger partial charge in [0.2, 0.25) is 0 Å². The van der Waals surface area contributed by atoms with Crippen LogP contribution >= 0.6 is 0 Å². The lowest BCUT2D eigenvalue weighted by Gasteiger charge is -2.10. The Morgan fingerprint density at radius 3 is 2.56 bits per heavy atom. The Balaban J connectivity index is 1.59. The van der Waals surface area contributed by atoms with Gasteiger partial charge in [-0.3, -0.25) is 19.3 Å². The lowest BCUT2D eigenvalue weighted by molar-refractivity contribution is 0.0693. The average molecular weight is 338 g/mol. The molecule has 1 N–H and O–H groups in total. The molecule has 0 aromatic heterocycles. The van der Waals surface area contributed by atoms with E-state index in [-0.39, 0.29) is 17.4 Å². The fourth-order valence-corrected chi connectivity index (χ4v) is 2.65. The standard InChI is InChI=1S/C19H18N2O4/c1-12-5-3-4-6-16(12)25-10-9-20-17(22)13-7-8-14-15(11-13)19(24)21(2)18(14)23/h3-8,11H,9-10H2,1-2H3,(H,20,22). The van der Waals surface area contributed by atoms with Gasteiger partial charge in [-0.1, -0.05) is 18.2 Å². The normalized spacial score (nSPS) is 13.0. The van der Waals surface area contributed by atoms with Crippen LogP contribution in [-0.4, -0.2) is 42.8 Å². The number of nitrogens with one attached hydrogen (secondary N) is 1. The van der Waals surface area contributed by atoms with E-state index in [4.69, 9.17) is 4.74 Å². The molecule has 0 fully saturated rings. The van der Waals surface area contributed by atoms with Crippen molar-refractivity contribution >= 4 is 17.7 Å². The lowest BCUT2D eigenvalue weighted by atomic mass is 10.1. The van der Waals surface area contributed by atoms with Crippen LogP contribution in [0.4, 0.5) is 0 Å². The van der Waals surface area contributed by atoms with Crippen molar-refractivity contribution < 1.29 is 19.1 Å². The molecule has 0 saturated carbocycles. The van der Waals surface area contributed by atoms with Gasteiger partial charge in [0.05, 0.1) is 17.7 Å². The average Bonchev–Trinajstić information content (AvgIpc) is 2.84. The fraction of sp³-hybridized carbons (Fsp3) is 0.211. The zero-order valence-corrected chi connectivity index (χ0v) is 14.0. The van der Waals surface area contributed by atoms with E-state index in [1.165, 1.54) is 19.2 Å². The maximum Gasteiger partial charge on any atom is 0.261 e. The molecule has 0 saturated heterocycles. The number of amides is 3. The molecule has 1 heterocycles. The molecule has 0 unspecified atom stereocenters. The summed E-state index contributed by atoms with van der Waals surface area (Å²) < 4.78 is 5.62. The first-order valence-corrected chi connectivity index (χ1v) is 7.92. The first kappa shape index (κ1) is 16.7. The minimum Gasteiger partial charge on any atom is -0.491 e. The first-order chi connectivity index (χ1) is 12.0. The summed E-state index contributed by atoms with van der Waals surface area (Å²) in [6, 6.07) is 12.2. The monoisotopic (exact) mass is 338 g/mol. The second-order valence-corrected chi connectivity index (χ2v) is 5.80. The Morgan fingerprint density at radius 2 is 1.80 bits per heavy atom. The van der Waals surface area contributed by atoms with Gasteiger partial charge >= 0.3 is 0 Å². The van der Waals surface area contributed by atoms with Crippen LogP contribution in [-0.2, 0) is 0 Å². The van der Waals surface area contributed by atoms with E-state index in [1.807, 2.05) is 31.2 Å². The molecule has 6 nitrogen and oxygen atoms in total. The molecule has 1 aliphatic heterocycles. The number of benzene rings is 2. The highest BCUT2D eigenvalue weighted by Gasteiger charge is 2.33. The van der Waals surface area contributed by atoms with Crippen molar-refractivity contribution in [2.24, 2.45) is 0 Å². The summed E-state index contributed by atoms with van der Waals surface area (Å²) in [5.74, 6) is -0.275. The first-order valence-electron chi connectivity index (χ1n) is 7.92. The molecular formula is C19H18N2O4. The number of imide groups is 1. The summed E-state index contributed by atoms with van der Waals surface area (Å²) in [4.78, 5) is 37.1. The Kier molecular flexibility index (Phi) is 4.52. The highest BCUT2D eigenvalue weighted by Crippen LogP contribution is 2.22. The summed E-state index contributed by atoms with van der Waals surface area (Å²) in [6.07, 6.45) is 0. The second-order valence-electron chi connectivity index (χ2n) is 5.80. The van der Waals surface area contributed by atoms with Crippen LogP contribution < -0.4 is 10.1 Å². The molecule has 6 heteroatoms. The summed E-state index contributed by atoms with van der Waals surface area (Å²) in [5.41, 5.74) is 1.95. The van der Waals surface area contributed by atoms with E-state index in [0.717, 1.165) is 16.2 Å². The van der Waals surface area contributed by atoms with E-state index >= 15 is 0 Å². The van der Waals surface area contributed by atoms with E-state index < -0.39 is 5.91 Å². The highest BCUT2D eigenvalue weighted by molar-refractivity contribution is 6.21. The Hall–Kier alpha value is -3.15. The molecule has 0 radical (unpaired) electrons. The van der Waals surface area contributed by atoms with E-state index in [2.05, 4.69) is 5.32 Å². The van der Waals surface area contributed by atoms with Crippen molar-refractivity contribution in [1.29, 1.82) is 0 Å². The summed E-state index contributed by atoms with van der Waals surface area (Å²) in [7, 11) is 1.42. The third kappa shape index (κ3) is 3.24. The molecule has 0 atom stereocenters. The summed E-state index contributed by atoms with van der Waals surface area (Å²) >= 11 is 0. The second kappa shape index (κ2) is 6.76. The molecule has 25 heavy (non-hydrogen) atoms. The minimum atomic E-state index is -0.391. The number of para-hydroxylation sites is 1. The number of aryl methyl sites for hydroxylation is 1. The number of hydrogen-bond donors (Lipinski definition) is 1. The van der Waals surface area contributed by atoms with Crippen LogP contribution in [0.25, 0.3) is 0 Å². The maximum absolute atomic E-state index is 12.2. The van der Waals surface area contributed by atoms with Crippen molar-refractivity contribution in [3.63, 3.8) is 0 Å². The van der Waals surface area contributed by atoms with Gasteiger partial charge in [0, 0.05) is 12.6 Å². The molecule has 0 bridgehead atoms. The van der Waals surface area contributed by atoms with Crippen molar-refractivity contribution in [2.45, 2.75) is 6.92 Å². The molecular weight excluding hydrogens is 320 g/mol. The van der Waals surface area contributed by atoms with E-state index in [9.17, 15) is 14.4 Å². The molecule has 3 rings (SSSR count). The Bertz CT molecular complexity index is 860. The van der Waals surface area contributed by atoms with Gasteiger partial charge in [-0.05, 0) is 36.8 Å². The molecule has 1 aliphatic rings. The zero-order chi connectivity index (χ0) is 18.0. The van der Waals surface area contributed by atoms with Gasteiger partial charge < -0.3 is 10.1 Å². The summed E-state index contributed by atoms with van der Waals surface area (Å²) in [5, 5.41) is 2.74. The molecule has 3 amide bonds. The SMILES string of the molecule is Cc1ccccc1OCCNC(=O)c1ccc2c(c1)C(=O)N(C)C2=O. The van der Waals surface area contributed by atoms with Gasteiger partial charge in [0.1, 0.15) is 12.4 Å². The predicted molar refractivity (Wildman–Crippen MR) is 91.9 cm³/mol. The number of hydrogen-bond acceptors (Lipinski definition) is 4. The lowest BCUT2D eigenvalue weighted by Crippen LogP contribution is -2.28.